The second-order valence-corrected chi connectivity index (χ2v) is 7.32. The lowest BCUT2D eigenvalue weighted by atomic mass is 9.90. The Morgan fingerprint density at radius 1 is 1.44 bits per heavy atom. The number of rotatable bonds is 5. The van der Waals surface area contributed by atoms with E-state index >= 15 is 0 Å². The Balaban J connectivity index is 1.64. The summed E-state index contributed by atoms with van der Waals surface area (Å²) < 4.78 is 10.8. The molecule has 3 rings (SSSR count). The number of hydrogen-bond acceptors (Lipinski definition) is 5. The topological polar surface area (TPSA) is 81.6 Å². The summed E-state index contributed by atoms with van der Waals surface area (Å²) >= 11 is 12.1. The molecule has 1 aromatic carbocycles. The van der Waals surface area contributed by atoms with Crippen LogP contribution < -0.4 is 10.5 Å². The number of ether oxygens (including phenoxy) is 1. The van der Waals surface area contributed by atoms with E-state index in [1.165, 1.54) is 0 Å². The van der Waals surface area contributed by atoms with Gasteiger partial charge in [0.05, 0.1) is 10.0 Å². The van der Waals surface area contributed by atoms with E-state index in [1.807, 2.05) is 0 Å². The van der Waals surface area contributed by atoms with Crippen molar-refractivity contribution in [3.8, 4) is 5.75 Å². The van der Waals surface area contributed by atoms with Crippen LogP contribution in [0.25, 0.3) is 0 Å². The minimum atomic E-state index is -0.164. The van der Waals surface area contributed by atoms with E-state index < -0.39 is 0 Å². The molecule has 0 spiro atoms. The summed E-state index contributed by atoms with van der Waals surface area (Å²) in [6.45, 7) is 3.99. The van der Waals surface area contributed by atoms with Gasteiger partial charge in [0.25, 0.3) is 5.91 Å². The van der Waals surface area contributed by atoms with Gasteiger partial charge in [-0.25, -0.2) is 0 Å². The standard InChI is InChI=1S/C17H19Cl2N3O3/c1-17(9-20)5-6-22(10-17)16(23)14-7-11(25-21-14)8-24-15-12(18)3-2-4-13(15)19/h2-4,7H,5-6,8-10,20H2,1H3. The van der Waals surface area contributed by atoms with Crippen molar-refractivity contribution in [2.24, 2.45) is 11.1 Å². The van der Waals surface area contributed by atoms with Crippen molar-refractivity contribution in [1.29, 1.82) is 0 Å². The molecule has 2 aromatic rings. The Morgan fingerprint density at radius 2 is 2.16 bits per heavy atom. The summed E-state index contributed by atoms with van der Waals surface area (Å²) in [5.41, 5.74) is 6.00. The van der Waals surface area contributed by atoms with E-state index in [2.05, 4.69) is 12.1 Å². The van der Waals surface area contributed by atoms with Crippen LogP contribution in [0.15, 0.2) is 28.8 Å². The fraction of sp³-hybridized carbons (Fsp3) is 0.412. The summed E-state index contributed by atoms with van der Waals surface area (Å²) in [5, 5.41) is 4.66. The van der Waals surface area contributed by atoms with Crippen LogP contribution in [-0.2, 0) is 6.61 Å². The van der Waals surface area contributed by atoms with Crippen molar-refractivity contribution in [2.75, 3.05) is 19.6 Å². The molecule has 0 aliphatic carbocycles. The van der Waals surface area contributed by atoms with Gasteiger partial charge < -0.3 is 19.9 Å². The maximum absolute atomic E-state index is 12.5. The highest BCUT2D eigenvalue weighted by atomic mass is 35.5. The zero-order chi connectivity index (χ0) is 18.0. The summed E-state index contributed by atoms with van der Waals surface area (Å²) in [6, 6.07) is 6.67. The van der Waals surface area contributed by atoms with E-state index in [1.54, 1.807) is 29.2 Å². The monoisotopic (exact) mass is 383 g/mol. The predicted octanol–water partition coefficient (Wildman–Crippen LogP) is 3.37. The third kappa shape index (κ3) is 3.92. The average Bonchev–Trinajstić information content (AvgIpc) is 3.21. The Labute approximate surface area is 155 Å². The Kier molecular flexibility index (Phi) is 5.22. The molecule has 1 aliphatic rings. The lowest BCUT2D eigenvalue weighted by Gasteiger charge is -2.21. The normalized spacial score (nSPS) is 20.1. The van der Waals surface area contributed by atoms with Crippen molar-refractivity contribution in [1.82, 2.24) is 10.1 Å². The molecule has 1 unspecified atom stereocenters. The van der Waals surface area contributed by atoms with E-state index in [4.69, 9.17) is 38.2 Å². The first-order chi connectivity index (χ1) is 11.9. The summed E-state index contributed by atoms with van der Waals surface area (Å²) in [4.78, 5) is 14.3. The number of carbonyl (C=O) groups is 1. The first kappa shape index (κ1) is 18.0. The molecule has 25 heavy (non-hydrogen) atoms. The third-order valence-corrected chi connectivity index (χ3v) is 4.99. The van der Waals surface area contributed by atoms with Crippen LogP contribution in [0.1, 0.15) is 29.6 Å². The van der Waals surface area contributed by atoms with E-state index in [0.29, 0.717) is 41.2 Å². The second kappa shape index (κ2) is 7.23. The molecule has 1 amide bonds. The first-order valence-electron chi connectivity index (χ1n) is 7.94. The molecule has 8 heteroatoms. The van der Waals surface area contributed by atoms with Gasteiger partial charge in [0.1, 0.15) is 6.61 Å². The molecule has 1 saturated heterocycles. The zero-order valence-electron chi connectivity index (χ0n) is 13.8. The van der Waals surface area contributed by atoms with E-state index in [0.717, 1.165) is 6.42 Å². The molecule has 1 aromatic heterocycles. The maximum atomic E-state index is 12.5. The number of hydrogen-bond donors (Lipinski definition) is 1. The summed E-state index contributed by atoms with van der Waals surface area (Å²) in [7, 11) is 0. The minimum absolute atomic E-state index is 0.0356. The van der Waals surface area contributed by atoms with Gasteiger partial charge in [0, 0.05) is 19.2 Å². The number of aromatic nitrogens is 1. The van der Waals surface area contributed by atoms with Crippen LogP contribution in [0.2, 0.25) is 10.0 Å². The van der Waals surface area contributed by atoms with E-state index in [-0.39, 0.29) is 23.6 Å². The van der Waals surface area contributed by atoms with Crippen molar-refractivity contribution in [3.05, 3.63) is 45.8 Å². The molecular weight excluding hydrogens is 365 g/mol. The summed E-state index contributed by atoms with van der Waals surface area (Å²) in [6.07, 6.45) is 0.883. The van der Waals surface area contributed by atoms with Crippen LogP contribution in [0, 0.1) is 5.41 Å². The quantitative estimate of drug-likeness (QED) is 0.855. The summed E-state index contributed by atoms with van der Waals surface area (Å²) in [5.74, 6) is 0.622. The third-order valence-electron chi connectivity index (χ3n) is 4.39. The van der Waals surface area contributed by atoms with Gasteiger partial charge >= 0.3 is 0 Å². The largest absolute Gasteiger partial charge is 0.482 e. The maximum Gasteiger partial charge on any atom is 0.276 e. The number of para-hydroxylation sites is 1. The van der Waals surface area contributed by atoms with Gasteiger partial charge in [-0.05, 0) is 30.5 Å². The molecule has 0 saturated carbocycles. The zero-order valence-corrected chi connectivity index (χ0v) is 15.3. The Bertz CT molecular complexity index is 760. The predicted molar refractivity (Wildman–Crippen MR) is 95.0 cm³/mol. The van der Waals surface area contributed by atoms with Crippen LogP contribution in [0.3, 0.4) is 0 Å². The molecule has 1 atom stereocenters. The van der Waals surface area contributed by atoms with Gasteiger partial charge in [0.15, 0.2) is 17.2 Å². The molecule has 0 bridgehead atoms. The number of benzene rings is 1. The number of amides is 1. The fourth-order valence-electron chi connectivity index (χ4n) is 2.77. The Morgan fingerprint density at radius 3 is 2.80 bits per heavy atom. The number of likely N-dealkylation sites (tertiary alicyclic amines) is 1. The number of nitrogens with two attached hydrogens (primary N) is 1. The molecule has 2 heterocycles. The molecule has 2 N–H and O–H groups in total. The molecule has 1 fully saturated rings. The highest BCUT2D eigenvalue weighted by molar-refractivity contribution is 6.37. The van der Waals surface area contributed by atoms with Gasteiger partial charge in [0.2, 0.25) is 0 Å². The van der Waals surface area contributed by atoms with Crippen molar-refractivity contribution < 1.29 is 14.1 Å². The van der Waals surface area contributed by atoms with E-state index in [9.17, 15) is 4.79 Å². The molecule has 0 radical (unpaired) electrons. The lowest BCUT2D eigenvalue weighted by Crippen LogP contribution is -2.34. The molecule has 1 aliphatic heterocycles. The smallest absolute Gasteiger partial charge is 0.276 e. The molecule has 134 valence electrons. The van der Waals surface area contributed by atoms with Crippen LogP contribution in [0.5, 0.6) is 5.75 Å². The second-order valence-electron chi connectivity index (χ2n) is 6.51. The molecule has 6 nitrogen and oxygen atoms in total. The van der Waals surface area contributed by atoms with Crippen molar-refractivity contribution in [2.45, 2.75) is 20.0 Å². The van der Waals surface area contributed by atoms with Crippen LogP contribution in [0.4, 0.5) is 0 Å². The van der Waals surface area contributed by atoms with Gasteiger partial charge in [-0.1, -0.05) is 41.3 Å². The van der Waals surface area contributed by atoms with Gasteiger partial charge in [-0.15, -0.1) is 0 Å². The number of nitrogens with zero attached hydrogens (tertiary/aromatic N) is 2. The average molecular weight is 384 g/mol. The Hall–Kier alpha value is -1.76. The van der Waals surface area contributed by atoms with Crippen molar-refractivity contribution >= 4 is 29.1 Å². The van der Waals surface area contributed by atoms with Crippen LogP contribution >= 0.6 is 23.2 Å². The molecular formula is C17H19Cl2N3O3. The van der Waals surface area contributed by atoms with Crippen molar-refractivity contribution in [3.63, 3.8) is 0 Å². The highest BCUT2D eigenvalue weighted by Crippen LogP contribution is 2.33. The van der Waals surface area contributed by atoms with Crippen LogP contribution in [-0.4, -0.2) is 35.6 Å². The lowest BCUT2D eigenvalue weighted by molar-refractivity contribution is 0.0766. The van der Waals surface area contributed by atoms with Gasteiger partial charge in [-0.3, -0.25) is 4.79 Å². The first-order valence-corrected chi connectivity index (χ1v) is 8.69. The SMILES string of the molecule is CC1(CN)CCN(C(=O)c2cc(COc3c(Cl)cccc3Cl)on2)C1. The highest BCUT2D eigenvalue weighted by Gasteiger charge is 2.36. The minimum Gasteiger partial charge on any atom is -0.482 e. The fourth-order valence-corrected chi connectivity index (χ4v) is 3.28. The number of carbonyl (C=O) groups excluding carboxylic acids is 1. The number of halogens is 2. The van der Waals surface area contributed by atoms with Gasteiger partial charge in [-0.2, -0.15) is 0 Å².